The van der Waals surface area contributed by atoms with E-state index in [0.717, 1.165) is 6.08 Å². The molecule has 0 aliphatic rings. The number of nitrogens with one attached hydrogen (secondary N) is 1. The summed E-state index contributed by atoms with van der Waals surface area (Å²) >= 11 is 0. The topological polar surface area (TPSA) is 95.9 Å². The quantitative estimate of drug-likeness (QED) is 0.351. The van der Waals surface area contributed by atoms with Crippen LogP contribution in [0.4, 0.5) is 0 Å². The highest BCUT2D eigenvalue weighted by Gasteiger charge is 2.23. The second-order valence-electron chi connectivity index (χ2n) is 2.73. The van der Waals surface area contributed by atoms with Gasteiger partial charge in [0.05, 0.1) is 12.3 Å². The first-order valence-electron chi connectivity index (χ1n) is 3.98. The molecule has 82 valence electrons. The maximum atomic E-state index is 11.1. The average Bonchev–Trinajstić information content (AvgIpc) is 1.99. The molecule has 0 aliphatic heterocycles. The highest BCUT2D eigenvalue weighted by Crippen LogP contribution is 2.40. The van der Waals surface area contributed by atoms with Crippen LogP contribution in [0, 0.1) is 0 Å². The number of aliphatic hydroxyl groups is 1. The van der Waals surface area contributed by atoms with Gasteiger partial charge in [-0.1, -0.05) is 6.08 Å². The summed E-state index contributed by atoms with van der Waals surface area (Å²) in [4.78, 5) is 19.8. The lowest BCUT2D eigenvalue weighted by atomic mass is 10.5. The van der Waals surface area contributed by atoms with Crippen LogP contribution in [-0.4, -0.2) is 28.2 Å². The molecule has 0 aromatic heterocycles. The number of hydroxylamine groups is 1. The third-order valence-electron chi connectivity index (χ3n) is 1.10. The van der Waals surface area contributed by atoms with E-state index in [0.29, 0.717) is 0 Å². The van der Waals surface area contributed by atoms with E-state index >= 15 is 0 Å². The molecule has 0 fully saturated rings. The van der Waals surface area contributed by atoms with Crippen LogP contribution in [0.1, 0.15) is 13.8 Å². The molecule has 0 saturated heterocycles. The second-order valence-corrected chi connectivity index (χ2v) is 4.55. The van der Waals surface area contributed by atoms with E-state index in [1.54, 1.807) is 12.4 Å². The van der Waals surface area contributed by atoms with E-state index in [1.165, 1.54) is 13.0 Å². The first kappa shape index (κ1) is 13.3. The number of rotatable bonds is 5. The van der Waals surface area contributed by atoms with Crippen molar-refractivity contribution < 1.29 is 24.0 Å². The molecule has 0 saturated carbocycles. The van der Waals surface area contributed by atoms with Crippen LogP contribution in [0.2, 0.25) is 0 Å². The second kappa shape index (κ2) is 5.93. The summed E-state index contributed by atoms with van der Waals surface area (Å²) in [5.74, 6) is -0.632. The van der Waals surface area contributed by atoms with Gasteiger partial charge in [-0.3, -0.25) is 9.36 Å². The Kier molecular flexibility index (Phi) is 5.64. The fourth-order valence-electron chi connectivity index (χ4n) is 0.673. The molecule has 0 radical (unpaired) electrons. The lowest BCUT2D eigenvalue weighted by molar-refractivity contribution is -0.123. The zero-order valence-electron chi connectivity index (χ0n) is 8.01. The monoisotopic (exact) mass is 223 g/mol. The van der Waals surface area contributed by atoms with Gasteiger partial charge in [0.2, 0.25) is 0 Å². The SMILES string of the molecule is CC=CC(=O)NOP(=O)(O)CC(C)O. The Bertz CT molecular complexity index is 263. The van der Waals surface area contributed by atoms with Gasteiger partial charge in [-0.05, 0) is 13.8 Å². The molecular formula is C7H14NO5P. The van der Waals surface area contributed by atoms with E-state index in [-0.39, 0.29) is 0 Å². The van der Waals surface area contributed by atoms with Crippen molar-refractivity contribution >= 4 is 13.5 Å². The van der Waals surface area contributed by atoms with Crippen LogP contribution in [0.3, 0.4) is 0 Å². The average molecular weight is 223 g/mol. The van der Waals surface area contributed by atoms with Crippen LogP contribution in [0.5, 0.6) is 0 Å². The molecule has 1 amide bonds. The molecule has 0 heterocycles. The lowest BCUT2D eigenvalue weighted by Crippen LogP contribution is -2.22. The molecule has 14 heavy (non-hydrogen) atoms. The summed E-state index contributed by atoms with van der Waals surface area (Å²) in [6.07, 6.45) is 1.20. The summed E-state index contributed by atoms with van der Waals surface area (Å²) < 4.78 is 15.3. The van der Waals surface area contributed by atoms with Gasteiger partial charge in [0.25, 0.3) is 5.91 Å². The van der Waals surface area contributed by atoms with Gasteiger partial charge in [-0.25, -0.2) is 5.48 Å². The van der Waals surface area contributed by atoms with Crippen molar-refractivity contribution in [1.82, 2.24) is 5.48 Å². The molecule has 6 nitrogen and oxygen atoms in total. The minimum atomic E-state index is -3.94. The van der Waals surface area contributed by atoms with Crippen molar-refractivity contribution in [2.24, 2.45) is 0 Å². The molecule has 2 unspecified atom stereocenters. The summed E-state index contributed by atoms with van der Waals surface area (Å²) in [7, 11) is -3.94. The Morgan fingerprint density at radius 2 is 2.29 bits per heavy atom. The molecule has 0 aliphatic carbocycles. The maximum absolute atomic E-state index is 11.1. The van der Waals surface area contributed by atoms with Crippen molar-refractivity contribution in [2.75, 3.05) is 6.16 Å². The van der Waals surface area contributed by atoms with E-state index in [1.807, 2.05) is 0 Å². The highest BCUT2D eigenvalue weighted by molar-refractivity contribution is 7.52. The van der Waals surface area contributed by atoms with Crippen molar-refractivity contribution in [3.05, 3.63) is 12.2 Å². The van der Waals surface area contributed by atoms with Crippen molar-refractivity contribution in [1.29, 1.82) is 0 Å². The summed E-state index contributed by atoms with van der Waals surface area (Å²) in [6, 6.07) is 0. The predicted octanol–water partition coefficient (Wildman–Crippen LogP) is 0.177. The fraction of sp³-hybridized carbons (Fsp3) is 0.571. The number of amides is 1. The molecule has 0 rings (SSSR count). The first-order valence-corrected chi connectivity index (χ1v) is 5.75. The summed E-state index contributed by atoms with van der Waals surface area (Å²) in [5.41, 5.74) is 1.78. The Morgan fingerprint density at radius 3 is 2.71 bits per heavy atom. The number of carbonyl (C=O) groups is 1. The van der Waals surface area contributed by atoms with Crippen LogP contribution in [0.15, 0.2) is 12.2 Å². The number of allylic oxidation sites excluding steroid dienone is 1. The minimum absolute atomic E-state index is 0.427. The van der Waals surface area contributed by atoms with Gasteiger partial charge in [-0.15, -0.1) is 0 Å². The largest absolute Gasteiger partial charge is 0.393 e. The zero-order chi connectivity index (χ0) is 11.2. The van der Waals surface area contributed by atoms with Gasteiger partial charge >= 0.3 is 7.60 Å². The third-order valence-corrected chi connectivity index (χ3v) is 2.47. The van der Waals surface area contributed by atoms with Crippen molar-refractivity contribution in [2.45, 2.75) is 20.0 Å². The minimum Gasteiger partial charge on any atom is -0.393 e. The van der Waals surface area contributed by atoms with Gasteiger partial charge in [-0.2, -0.15) is 4.62 Å². The summed E-state index contributed by atoms with van der Waals surface area (Å²) in [5, 5.41) is 8.82. The van der Waals surface area contributed by atoms with E-state index in [4.69, 9.17) is 10.00 Å². The van der Waals surface area contributed by atoms with Gasteiger partial charge in [0.15, 0.2) is 0 Å². The predicted molar refractivity (Wildman–Crippen MR) is 50.4 cm³/mol. The summed E-state index contributed by atoms with van der Waals surface area (Å²) in [6.45, 7) is 2.97. The molecule has 0 bridgehead atoms. The third kappa shape index (κ3) is 6.80. The van der Waals surface area contributed by atoms with Gasteiger partial charge < -0.3 is 10.00 Å². The smallest absolute Gasteiger partial charge is 0.351 e. The number of carbonyl (C=O) groups excluding carboxylic acids is 1. The molecule has 2 atom stereocenters. The standard InChI is InChI=1S/C7H14NO5P/c1-3-4-7(10)8-13-14(11,12)5-6(2)9/h3-4,6,9H,5H2,1-2H3,(H,8,10)(H,11,12). The van der Waals surface area contributed by atoms with Crippen LogP contribution < -0.4 is 5.48 Å². The fourth-order valence-corrected chi connectivity index (χ4v) is 1.65. The molecular weight excluding hydrogens is 209 g/mol. The van der Waals surface area contributed by atoms with Crippen molar-refractivity contribution in [3.63, 3.8) is 0 Å². The Labute approximate surface area is 82.1 Å². The van der Waals surface area contributed by atoms with Crippen molar-refractivity contribution in [3.8, 4) is 0 Å². The highest BCUT2D eigenvalue weighted by atomic mass is 31.2. The van der Waals surface area contributed by atoms with E-state index in [9.17, 15) is 9.36 Å². The zero-order valence-corrected chi connectivity index (χ0v) is 8.90. The molecule has 0 aromatic rings. The van der Waals surface area contributed by atoms with Crippen LogP contribution in [0.25, 0.3) is 0 Å². The van der Waals surface area contributed by atoms with Crippen LogP contribution >= 0.6 is 7.60 Å². The molecule has 3 N–H and O–H groups in total. The van der Waals surface area contributed by atoms with E-state index in [2.05, 4.69) is 4.62 Å². The van der Waals surface area contributed by atoms with Crippen LogP contribution in [-0.2, 0) is 14.0 Å². The Morgan fingerprint density at radius 1 is 1.71 bits per heavy atom. The Balaban J connectivity index is 3.99. The first-order chi connectivity index (χ1) is 6.37. The number of hydrogen-bond acceptors (Lipinski definition) is 4. The lowest BCUT2D eigenvalue weighted by Gasteiger charge is -2.12. The van der Waals surface area contributed by atoms with E-state index < -0.39 is 25.8 Å². The van der Waals surface area contributed by atoms with Gasteiger partial charge in [0, 0.05) is 6.08 Å². The normalized spacial score (nSPS) is 17.7. The molecule has 7 heteroatoms. The molecule has 0 aromatic carbocycles. The van der Waals surface area contributed by atoms with Gasteiger partial charge in [0.1, 0.15) is 0 Å². The number of aliphatic hydroxyl groups excluding tert-OH is 1. The Hall–Kier alpha value is -0.680. The number of hydrogen-bond donors (Lipinski definition) is 3. The maximum Gasteiger partial charge on any atom is 0.351 e. The molecule has 0 spiro atoms.